The minimum Gasteiger partial charge on any atom is -0.384 e. The Morgan fingerprint density at radius 3 is 2.63 bits per heavy atom. The van der Waals surface area contributed by atoms with E-state index >= 15 is 0 Å². The molecule has 0 aliphatic carbocycles. The van der Waals surface area contributed by atoms with Gasteiger partial charge in [0.05, 0.1) is 5.75 Å². The topological polar surface area (TPSA) is 68.0 Å². The van der Waals surface area contributed by atoms with Crippen LogP contribution in [0.3, 0.4) is 0 Å². The summed E-state index contributed by atoms with van der Waals surface area (Å²) in [4.78, 5) is 16.7. The van der Waals surface area contributed by atoms with Crippen molar-refractivity contribution >= 4 is 29.2 Å². The van der Waals surface area contributed by atoms with E-state index in [0.717, 1.165) is 10.6 Å². The highest BCUT2D eigenvalue weighted by Crippen LogP contribution is 2.18. The van der Waals surface area contributed by atoms with E-state index in [1.165, 1.54) is 17.3 Å². The number of anilines is 2. The number of nitrogens with two attached hydrogens (primary N) is 1. The maximum atomic E-state index is 11.8. The lowest BCUT2D eigenvalue weighted by Gasteiger charge is -2.05. The van der Waals surface area contributed by atoms with Crippen molar-refractivity contribution in [2.75, 3.05) is 16.8 Å². The zero-order valence-electron chi connectivity index (χ0n) is 10.6. The van der Waals surface area contributed by atoms with Crippen molar-refractivity contribution in [2.45, 2.75) is 11.8 Å². The summed E-state index contributed by atoms with van der Waals surface area (Å²) in [6.45, 7) is 2.01. The zero-order valence-corrected chi connectivity index (χ0v) is 11.4. The summed E-state index contributed by atoms with van der Waals surface area (Å²) in [7, 11) is 0. The number of nitrogens with one attached hydrogen (secondary N) is 1. The van der Waals surface area contributed by atoms with Crippen LogP contribution in [-0.2, 0) is 4.79 Å². The molecule has 1 aromatic heterocycles. The van der Waals surface area contributed by atoms with Gasteiger partial charge in [0, 0.05) is 16.8 Å². The largest absolute Gasteiger partial charge is 0.384 e. The molecule has 3 N–H and O–H groups in total. The van der Waals surface area contributed by atoms with Gasteiger partial charge in [-0.1, -0.05) is 17.7 Å². The Kier molecular flexibility index (Phi) is 4.41. The highest BCUT2D eigenvalue weighted by atomic mass is 32.2. The first-order valence-electron chi connectivity index (χ1n) is 5.84. The van der Waals surface area contributed by atoms with Crippen LogP contribution in [0.1, 0.15) is 5.56 Å². The number of benzene rings is 1. The number of pyridine rings is 1. The average Bonchev–Trinajstić information content (AvgIpc) is 2.41. The summed E-state index contributed by atoms with van der Waals surface area (Å²) in [5.74, 6) is 0.790. The lowest BCUT2D eigenvalue weighted by Crippen LogP contribution is -2.13. The molecule has 1 heterocycles. The van der Waals surface area contributed by atoms with Gasteiger partial charge in [0.25, 0.3) is 0 Å². The summed E-state index contributed by atoms with van der Waals surface area (Å²) in [5, 5.41) is 2.85. The molecule has 0 radical (unpaired) electrons. The second kappa shape index (κ2) is 6.24. The van der Waals surface area contributed by atoms with E-state index in [2.05, 4.69) is 10.3 Å². The molecule has 4 nitrogen and oxygen atoms in total. The van der Waals surface area contributed by atoms with Gasteiger partial charge < -0.3 is 11.1 Å². The van der Waals surface area contributed by atoms with Crippen molar-refractivity contribution < 1.29 is 4.79 Å². The molecule has 0 aliphatic rings. The van der Waals surface area contributed by atoms with E-state index < -0.39 is 0 Å². The van der Waals surface area contributed by atoms with E-state index in [1.807, 2.05) is 37.3 Å². The zero-order chi connectivity index (χ0) is 13.7. The summed E-state index contributed by atoms with van der Waals surface area (Å²) in [5.41, 5.74) is 7.48. The minimum atomic E-state index is -0.0364. The number of rotatable bonds is 4. The van der Waals surface area contributed by atoms with E-state index in [0.29, 0.717) is 11.6 Å². The van der Waals surface area contributed by atoms with Crippen LogP contribution < -0.4 is 11.1 Å². The van der Waals surface area contributed by atoms with Crippen molar-refractivity contribution in [1.82, 2.24) is 4.98 Å². The molecule has 98 valence electrons. The lowest BCUT2D eigenvalue weighted by atomic mass is 10.2. The van der Waals surface area contributed by atoms with Gasteiger partial charge in [0.1, 0.15) is 5.82 Å². The molecule has 0 unspecified atom stereocenters. The molecule has 2 aromatic rings. The predicted octanol–water partition coefficient (Wildman–Crippen LogP) is 2.70. The third-order valence-electron chi connectivity index (χ3n) is 2.46. The Morgan fingerprint density at radius 1 is 1.26 bits per heavy atom. The van der Waals surface area contributed by atoms with Crippen LogP contribution in [0.2, 0.25) is 0 Å². The SMILES string of the molecule is Cc1ccc(NC(=O)CSc2ccc(N)nc2)cc1. The highest BCUT2D eigenvalue weighted by Gasteiger charge is 2.03. The molecule has 2 rings (SSSR count). The lowest BCUT2D eigenvalue weighted by molar-refractivity contribution is -0.113. The van der Waals surface area contributed by atoms with E-state index in [4.69, 9.17) is 5.73 Å². The number of hydrogen-bond donors (Lipinski definition) is 2. The van der Waals surface area contributed by atoms with Crippen molar-refractivity contribution in [3.8, 4) is 0 Å². The number of aromatic nitrogens is 1. The molecule has 1 aromatic carbocycles. The number of hydrogen-bond acceptors (Lipinski definition) is 4. The van der Waals surface area contributed by atoms with Gasteiger partial charge in [-0.2, -0.15) is 0 Å². The predicted molar refractivity (Wildman–Crippen MR) is 79.2 cm³/mol. The van der Waals surface area contributed by atoms with Gasteiger partial charge in [-0.25, -0.2) is 4.98 Å². The number of nitrogens with zero attached hydrogens (tertiary/aromatic N) is 1. The molecule has 0 aliphatic heterocycles. The van der Waals surface area contributed by atoms with Gasteiger partial charge in [0.2, 0.25) is 5.91 Å². The van der Waals surface area contributed by atoms with Crippen LogP contribution in [0.4, 0.5) is 11.5 Å². The number of carbonyl (C=O) groups excluding carboxylic acids is 1. The third-order valence-corrected chi connectivity index (χ3v) is 3.45. The molecule has 1 amide bonds. The number of aryl methyl sites for hydroxylation is 1. The summed E-state index contributed by atoms with van der Waals surface area (Å²) < 4.78 is 0. The molecule has 0 atom stereocenters. The Morgan fingerprint density at radius 2 is 2.00 bits per heavy atom. The van der Waals surface area contributed by atoms with Crippen molar-refractivity contribution in [1.29, 1.82) is 0 Å². The molecule has 0 saturated heterocycles. The van der Waals surface area contributed by atoms with Crippen LogP contribution in [0.25, 0.3) is 0 Å². The second-order valence-electron chi connectivity index (χ2n) is 4.12. The normalized spacial score (nSPS) is 10.2. The maximum Gasteiger partial charge on any atom is 0.234 e. The first kappa shape index (κ1) is 13.4. The van der Waals surface area contributed by atoms with Gasteiger partial charge in [0.15, 0.2) is 0 Å². The first-order chi connectivity index (χ1) is 9.13. The fourth-order valence-corrected chi connectivity index (χ4v) is 2.12. The van der Waals surface area contributed by atoms with Gasteiger partial charge in [-0.3, -0.25) is 4.79 Å². The van der Waals surface area contributed by atoms with Gasteiger partial charge in [-0.05, 0) is 31.2 Å². The highest BCUT2D eigenvalue weighted by molar-refractivity contribution is 8.00. The fourth-order valence-electron chi connectivity index (χ4n) is 1.46. The summed E-state index contributed by atoms with van der Waals surface area (Å²) in [6.07, 6.45) is 1.67. The smallest absolute Gasteiger partial charge is 0.234 e. The quantitative estimate of drug-likeness (QED) is 0.840. The minimum absolute atomic E-state index is 0.0364. The molecule has 5 heteroatoms. The molecule has 0 saturated carbocycles. The average molecular weight is 273 g/mol. The van der Waals surface area contributed by atoms with Crippen LogP contribution in [0.5, 0.6) is 0 Å². The maximum absolute atomic E-state index is 11.8. The Hall–Kier alpha value is -2.01. The van der Waals surface area contributed by atoms with Gasteiger partial charge in [-0.15, -0.1) is 11.8 Å². The van der Waals surface area contributed by atoms with Crippen LogP contribution in [0.15, 0.2) is 47.5 Å². The first-order valence-corrected chi connectivity index (χ1v) is 6.83. The standard InChI is InChI=1S/C14H15N3OS/c1-10-2-4-11(5-3-10)17-14(18)9-19-12-6-7-13(15)16-8-12/h2-8H,9H2,1H3,(H2,15,16)(H,17,18). The third kappa shape index (κ3) is 4.30. The summed E-state index contributed by atoms with van der Waals surface area (Å²) in [6, 6.07) is 11.3. The molecule has 0 spiro atoms. The summed E-state index contributed by atoms with van der Waals surface area (Å²) >= 11 is 1.43. The number of nitrogen functional groups attached to an aromatic ring is 1. The molecular formula is C14H15N3OS. The second-order valence-corrected chi connectivity index (χ2v) is 5.17. The molecule has 19 heavy (non-hydrogen) atoms. The molecule has 0 bridgehead atoms. The Balaban J connectivity index is 1.84. The van der Waals surface area contributed by atoms with Crippen LogP contribution in [-0.4, -0.2) is 16.6 Å². The van der Waals surface area contributed by atoms with E-state index in [1.54, 1.807) is 12.3 Å². The van der Waals surface area contributed by atoms with Crippen LogP contribution >= 0.6 is 11.8 Å². The Labute approximate surface area is 116 Å². The van der Waals surface area contributed by atoms with E-state index in [9.17, 15) is 4.79 Å². The van der Waals surface area contributed by atoms with Crippen LogP contribution in [0, 0.1) is 6.92 Å². The Bertz CT molecular complexity index is 552. The molecule has 0 fully saturated rings. The fraction of sp³-hybridized carbons (Fsp3) is 0.143. The molecular weight excluding hydrogens is 258 g/mol. The number of carbonyl (C=O) groups is 1. The van der Waals surface area contributed by atoms with E-state index in [-0.39, 0.29) is 5.91 Å². The van der Waals surface area contributed by atoms with Gasteiger partial charge >= 0.3 is 0 Å². The monoisotopic (exact) mass is 273 g/mol. The number of amides is 1. The van der Waals surface area contributed by atoms with Crippen molar-refractivity contribution in [2.24, 2.45) is 0 Å². The number of thioether (sulfide) groups is 1. The van der Waals surface area contributed by atoms with Crippen molar-refractivity contribution in [3.63, 3.8) is 0 Å². The van der Waals surface area contributed by atoms with Crippen molar-refractivity contribution in [3.05, 3.63) is 48.2 Å².